The summed E-state index contributed by atoms with van der Waals surface area (Å²) in [5, 5.41) is 16.4. The topological polar surface area (TPSA) is 78.5 Å². The van der Waals surface area contributed by atoms with Gasteiger partial charge in [-0.2, -0.15) is 5.10 Å². The van der Waals surface area contributed by atoms with Gasteiger partial charge in [-0.15, -0.1) is 10.2 Å². The molecule has 6 rings (SSSR count). The first-order chi connectivity index (χ1) is 15.1. The molecule has 0 saturated heterocycles. The van der Waals surface area contributed by atoms with Gasteiger partial charge in [0.25, 0.3) is 0 Å². The molecular formula is C22H21FN6O2. The summed E-state index contributed by atoms with van der Waals surface area (Å²) in [4.78, 5) is 0. The normalized spacial score (nSPS) is 17.1. The van der Waals surface area contributed by atoms with E-state index in [0.717, 1.165) is 34.7 Å². The molecule has 8 nitrogen and oxygen atoms in total. The molecule has 31 heavy (non-hydrogen) atoms. The van der Waals surface area contributed by atoms with Crippen LogP contribution in [0.1, 0.15) is 29.7 Å². The van der Waals surface area contributed by atoms with E-state index in [2.05, 4.69) is 33.6 Å². The maximum absolute atomic E-state index is 14.7. The first-order valence-electron chi connectivity index (χ1n) is 10.3. The van der Waals surface area contributed by atoms with Gasteiger partial charge >= 0.3 is 0 Å². The summed E-state index contributed by atoms with van der Waals surface area (Å²) in [6, 6.07) is 7.18. The molecule has 1 N–H and O–H groups in total. The average Bonchev–Trinajstić information content (AvgIpc) is 3.50. The predicted molar refractivity (Wildman–Crippen MR) is 112 cm³/mol. The summed E-state index contributed by atoms with van der Waals surface area (Å²) in [6.45, 7) is 3.25. The molecule has 0 aliphatic carbocycles. The number of nitrogens with one attached hydrogen (secondary N) is 1. The number of hydrogen-bond acceptors (Lipinski definition) is 6. The van der Waals surface area contributed by atoms with Crippen LogP contribution in [0, 0.1) is 5.82 Å². The summed E-state index contributed by atoms with van der Waals surface area (Å²) in [5.41, 5.74) is 4.99. The van der Waals surface area contributed by atoms with Crippen molar-refractivity contribution in [2.75, 3.05) is 18.5 Å². The van der Waals surface area contributed by atoms with Gasteiger partial charge < -0.3 is 14.8 Å². The molecule has 3 aromatic heterocycles. The van der Waals surface area contributed by atoms with Crippen LogP contribution in [-0.2, 0) is 20.0 Å². The van der Waals surface area contributed by atoms with Crippen LogP contribution in [0.2, 0.25) is 0 Å². The highest BCUT2D eigenvalue weighted by Gasteiger charge is 2.31. The third-order valence-corrected chi connectivity index (χ3v) is 6.09. The van der Waals surface area contributed by atoms with Crippen molar-refractivity contribution in [3.8, 4) is 22.8 Å². The standard InChI is InChI=1S/C22H21FN6O2/c1-3-13-6-17(28(2)27-13)14-7-19-22(29-11-25-26-21(14)29)24-8-15-16(23)4-5-18-20(15)12(9-30-18)10-31-19/h4-7,11-12,24H,3,8-10H2,1-2H3/t12-/m1/s1. The second-order valence-electron chi connectivity index (χ2n) is 7.90. The molecule has 0 spiro atoms. The smallest absolute Gasteiger partial charge is 0.171 e. The Hall–Kier alpha value is -3.62. The first-order valence-corrected chi connectivity index (χ1v) is 10.3. The lowest BCUT2D eigenvalue weighted by molar-refractivity contribution is 0.249. The highest BCUT2D eigenvalue weighted by molar-refractivity contribution is 5.80. The minimum absolute atomic E-state index is 0.0306. The molecule has 2 aliphatic rings. The van der Waals surface area contributed by atoms with E-state index < -0.39 is 0 Å². The molecule has 1 aromatic carbocycles. The molecule has 5 heterocycles. The fraction of sp³-hybridized carbons (Fsp3) is 0.318. The zero-order valence-corrected chi connectivity index (χ0v) is 17.2. The second kappa shape index (κ2) is 6.69. The molecule has 0 bridgehead atoms. The van der Waals surface area contributed by atoms with Crippen molar-refractivity contribution < 1.29 is 13.9 Å². The third-order valence-electron chi connectivity index (χ3n) is 6.09. The summed E-state index contributed by atoms with van der Waals surface area (Å²) >= 11 is 0. The van der Waals surface area contributed by atoms with Crippen molar-refractivity contribution in [3.63, 3.8) is 0 Å². The number of nitrogens with zero attached hydrogens (tertiary/aromatic N) is 5. The lowest BCUT2D eigenvalue weighted by Crippen LogP contribution is -2.13. The van der Waals surface area contributed by atoms with Crippen LogP contribution in [0.3, 0.4) is 0 Å². The molecule has 0 radical (unpaired) electrons. The molecular weight excluding hydrogens is 399 g/mol. The molecule has 2 aliphatic heterocycles. The van der Waals surface area contributed by atoms with E-state index in [1.807, 2.05) is 22.2 Å². The van der Waals surface area contributed by atoms with Gasteiger partial charge in [-0.25, -0.2) is 4.39 Å². The fourth-order valence-electron chi connectivity index (χ4n) is 4.52. The number of benzene rings is 1. The zero-order chi connectivity index (χ0) is 21.1. The number of fused-ring (bicyclic) bond motifs is 3. The van der Waals surface area contributed by atoms with E-state index in [4.69, 9.17) is 9.47 Å². The maximum atomic E-state index is 14.7. The summed E-state index contributed by atoms with van der Waals surface area (Å²) in [5.74, 6) is 1.80. The quantitative estimate of drug-likeness (QED) is 0.536. The van der Waals surface area contributed by atoms with Crippen molar-refractivity contribution in [1.29, 1.82) is 0 Å². The SMILES string of the molecule is CCc1cc(-c2cc3c(n4cnnc24)NCc2c(F)ccc4c2[C@H](CO4)CO3)n(C)n1. The molecule has 1 atom stereocenters. The lowest BCUT2D eigenvalue weighted by atomic mass is 9.96. The van der Waals surface area contributed by atoms with E-state index in [1.54, 1.807) is 12.4 Å². The summed E-state index contributed by atoms with van der Waals surface area (Å²) in [6.07, 6.45) is 2.48. The van der Waals surface area contributed by atoms with Crippen LogP contribution in [0.4, 0.5) is 10.2 Å². The van der Waals surface area contributed by atoms with E-state index in [1.165, 1.54) is 6.07 Å². The van der Waals surface area contributed by atoms with Crippen molar-refractivity contribution in [1.82, 2.24) is 24.4 Å². The van der Waals surface area contributed by atoms with Crippen molar-refractivity contribution in [2.24, 2.45) is 7.05 Å². The van der Waals surface area contributed by atoms with Crippen LogP contribution >= 0.6 is 0 Å². The summed E-state index contributed by atoms with van der Waals surface area (Å²) < 4.78 is 30.5. The van der Waals surface area contributed by atoms with Crippen molar-refractivity contribution in [2.45, 2.75) is 25.8 Å². The van der Waals surface area contributed by atoms with Crippen LogP contribution < -0.4 is 14.8 Å². The highest BCUT2D eigenvalue weighted by atomic mass is 19.1. The predicted octanol–water partition coefficient (Wildman–Crippen LogP) is 3.31. The molecule has 9 heteroatoms. The number of anilines is 1. The van der Waals surface area contributed by atoms with Crippen LogP contribution in [0.5, 0.6) is 11.5 Å². The molecule has 0 fully saturated rings. The van der Waals surface area contributed by atoms with Crippen molar-refractivity contribution in [3.05, 3.63) is 53.2 Å². The zero-order valence-electron chi connectivity index (χ0n) is 17.2. The highest BCUT2D eigenvalue weighted by Crippen LogP contribution is 2.41. The van der Waals surface area contributed by atoms with E-state index >= 15 is 0 Å². The van der Waals surface area contributed by atoms with Gasteiger partial charge in [0.15, 0.2) is 17.2 Å². The maximum Gasteiger partial charge on any atom is 0.171 e. The minimum atomic E-state index is -0.246. The van der Waals surface area contributed by atoms with Crippen LogP contribution in [0.25, 0.3) is 16.9 Å². The van der Waals surface area contributed by atoms with E-state index in [0.29, 0.717) is 42.5 Å². The Balaban J connectivity index is 1.52. The van der Waals surface area contributed by atoms with Gasteiger partial charge in [-0.05, 0) is 30.7 Å². The number of ether oxygens (including phenoxy) is 2. The van der Waals surface area contributed by atoms with E-state index in [9.17, 15) is 4.39 Å². The van der Waals surface area contributed by atoms with Gasteiger partial charge in [0.05, 0.1) is 30.5 Å². The molecule has 0 unspecified atom stereocenters. The minimum Gasteiger partial charge on any atom is -0.493 e. The third kappa shape index (κ3) is 2.69. The Labute approximate surface area is 177 Å². The Kier molecular flexibility index (Phi) is 3.92. The molecule has 4 aromatic rings. The number of aromatic nitrogens is 5. The average molecular weight is 420 g/mol. The van der Waals surface area contributed by atoms with Gasteiger partial charge in [-0.1, -0.05) is 6.92 Å². The fourth-order valence-corrected chi connectivity index (χ4v) is 4.52. The first kappa shape index (κ1) is 18.2. The molecule has 158 valence electrons. The Morgan fingerprint density at radius 3 is 2.84 bits per heavy atom. The number of pyridine rings is 1. The summed E-state index contributed by atoms with van der Waals surface area (Å²) in [7, 11) is 1.92. The van der Waals surface area contributed by atoms with Crippen LogP contribution in [0.15, 0.2) is 30.6 Å². The number of hydrogen-bond donors (Lipinski definition) is 1. The van der Waals surface area contributed by atoms with E-state index in [-0.39, 0.29) is 11.7 Å². The Morgan fingerprint density at radius 1 is 1.19 bits per heavy atom. The largest absolute Gasteiger partial charge is 0.493 e. The number of aryl methyl sites for hydroxylation is 2. The molecule has 0 saturated carbocycles. The second-order valence-corrected chi connectivity index (χ2v) is 7.90. The van der Waals surface area contributed by atoms with Gasteiger partial charge in [0, 0.05) is 30.3 Å². The number of rotatable bonds is 2. The Morgan fingerprint density at radius 2 is 2.03 bits per heavy atom. The van der Waals surface area contributed by atoms with Crippen LogP contribution in [-0.4, -0.2) is 37.6 Å². The Bertz CT molecular complexity index is 1330. The lowest BCUT2D eigenvalue weighted by Gasteiger charge is -2.16. The number of halogens is 1. The van der Waals surface area contributed by atoms with Gasteiger partial charge in [0.2, 0.25) is 0 Å². The monoisotopic (exact) mass is 420 g/mol. The van der Waals surface area contributed by atoms with Crippen molar-refractivity contribution >= 4 is 11.5 Å². The van der Waals surface area contributed by atoms with Gasteiger partial charge in [0.1, 0.15) is 17.9 Å². The molecule has 0 amide bonds. The van der Waals surface area contributed by atoms with Gasteiger partial charge in [-0.3, -0.25) is 9.08 Å².